The number of nitro groups is 1. The fourth-order valence-corrected chi connectivity index (χ4v) is 3.30. The largest absolute Gasteiger partial charge is 0.484 e. The maximum absolute atomic E-state index is 12.5. The topological polar surface area (TPSA) is 98.7 Å². The van der Waals surface area contributed by atoms with Gasteiger partial charge in [0.15, 0.2) is 12.4 Å². The number of non-ortho nitro benzene ring substituents is 1. The molecule has 29 heavy (non-hydrogen) atoms. The van der Waals surface area contributed by atoms with E-state index < -0.39 is 4.92 Å². The lowest BCUT2D eigenvalue weighted by Crippen LogP contribution is -2.38. The van der Waals surface area contributed by atoms with Crippen molar-refractivity contribution < 1.29 is 19.0 Å². The quantitative estimate of drug-likeness (QED) is 0.465. The molecular weight excluding hydrogens is 398 g/mol. The van der Waals surface area contributed by atoms with Gasteiger partial charge in [0.1, 0.15) is 11.4 Å². The van der Waals surface area contributed by atoms with Crippen LogP contribution in [0.4, 0.5) is 5.69 Å². The Hall–Kier alpha value is -3.39. The van der Waals surface area contributed by atoms with E-state index in [2.05, 4.69) is 5.16 Å². The van der Waals surface area contributed by atoms with Crippen molar-refractivity contribution in [3.63, 3.8) is 0 Å². The van der Waals surface area contributed by atoms with Gasteiger partial charge in [0.25, 0.3) is 11.6 Å². The van der Waals surface area contributed by atoms with Crippen LogP contribution in [0.15, 0.2) is 53.1 Å². The summed E-state index contributed by atoms with van der Waals surface area (Å²) in [6.45, 7) is 0.709. The number of benzene rings is 2. The highest BCUT2D eigenvalue weighted by molar-refractivity contribution is 6.30. The first-order valence-corrected chi connectivity index (χ1v) is 9.27. The molecule has 8 nitrogen and oxygen atoms in total. The van der Waals surface area contributed by atoms with Crippen molar-refractivity contribution in [3.05, 3.63) is 74.9 Å². The number of ether oxygens (including phenoxy) is 1. The Morgan fingerprint density at radius 3 is 2.62 bits per heavy atom. The molecule has 0 aliphatic carbocycles. The van der Waals surface area contributed by atoms with Crippen LogP contribution >= 0.6 is 11.6 Å². The van der Waals surface area contributed by atoms with Crippen LogP contribution in [0.1, 0.15) is 11.3 Å². The number of carbonyl (C=O) groups excluding carboxylic acids is 1. The van der Waals surface area contributed by atoms with Gasteiger partial charge in [0.2, 0.25) is 0 Å². The average Bonchev–Trinajstić information content (AvgIpc) is 3.16. The normalized spacial score (nSPS) is 13.1. The van der Waals surface area contributed by atoms with Gasteiger partial charge < -0.3 is 14.2 Å². The summed E-state index contributed by atoms with van der Waals surface area (Å²) in [6, 6.07) is 12.9. The van der Waals surface area contributed by atoms with Gasteiger partial charge in [-0.3, -0.25) is 14.9 Å². The van der Waals surface area contributed by atoms with Crippen molar-refractivity contribution in [2.45, 2.75) is 13.0 Å². The fraction of sp³-hybridized carbons (Fsp3) is 0.200. The molecular formula is C20H16ClN3O5. The molecule has 2 aromatic carbocycles. The van der Waals surface area contributed by atoms with Crippen molar-refractivity contribution in [1.29, 1.82) is 0 Å². The van der Waals surface area contributed by atoms with Crippen LogP contribution in [0.3, 0.4) is 0 Å². The Bertz CT molecular complexity index is 1050. The van der Waals surface area contributed by atoms with Crippen LogP contribution in [0.5, 0.6) is 5.75 Å². The van der Waals surface area contributed by atoms with E-state index in [1.165, 1.54) is 24.3 Å². The highest BCUT2D eigenvalue weighted by atomic mass is 35.5. The van der Waals surface area contributed by atoms with E-state index in [0.29, 0.717) is 36.0 Å². The van der Waals surface area contributed by atoms with E-state index in [1.54, 1.807) is 17.0 Å². The molecule has 1 aliphatic heterocycles. The monoisotopic (exact) mass is 413 g/mol. The second-order valence-electron chi connectivity index (χ2n) is 6.55. The van der Waals surface area contributed by atoms with Crippen molar-refractivity contribution in [2.75, 3.05) is 13.2 Å². The van der Waals surface area contributed by atoms with E-state index in [-0.39, 0.29) is 18.2 Å². The van der Waals surface area contributed by atoms with Crippen LogP contribution in [-0.2, 0) is 17.8 Å². The Kier molecular flexibility index (Phi) is 5.18. The van der Waals surface area contributed by atoms with Gasteiger partial charge in [-0.25, -0.2) is 0 Å². The fourth-order valence-electron chi connectivity index (χ4n) is 3.17. The van der Waals surface area contributed by atoms with E-state index in [1.807, 2.05) is 12.1 Å². The molecule has 0 N–H and O–H groups in total. The first-order valence-electron chi connectivity index (χ1n) is 8.89. The Morgan fingerprint density at radius 1 is 1.21 bits per heavy atom. The smallest absolute Gasteiger partial charge is 0.269 e. The molecule has 0 saturated carbocycles. The lowest BCUT2D eigenvalue weighted by molar-refractivity contribution is -0.384. The third kappa shape index (κ3) is 4.07. The van der Waals surface area contributed by atoms with Crippen LogP contribution in [0, 0.1) is 10.1 Å². The van der Waals surface area contributed by atoms with Crippen LogP contribution < -0.4 is 4.74 Å². The number of hydrogen-bond acceptors (Lipinski definition) is 6. The number of halogens is 1. The van der Waals surface area contributed by atoms with E-state index in [4.69, 9.17) is 20.9 Å². The van der Waals surface area contributed by atoms with Gasteiger partial charge in [-0.15, -0.1) is 0 Å². The minimum absolute atomic E-state index is 0.0326. The summed E-state index contributed by atoms with van der Waals surface area (Å²) in [5.74, 6) is 0.907. The zero-order valence-electron chi connectivity index (χ0n) is 15.2. The second-order valence-corrected chi connectivity index (χ2v) is 6.99. The number of amides is 1. The average molecular weight is 414 g/mol. The molecule has 9 heteroatoms. The van der Waals surface area contributed by atoms with Crippen LogP contribution in [0.2, 0.25) is 5.02 Å². The summed E-state index contributed by atoms with van der Waals surface area (Å²) in [4.78, 5) is 24.3. The van der Waals surface area contributed by atoms with Gasteiger partial charge in [-0.2, -0.15) is 0 Å². The molecule has 148 valence electrons. The van der Waals surface area contributed by atoms with Crippen LogP contribution in [0.25, 0.3) is 11.3 Å². The van der Waals surface area contributed by atoms with Crippen molar-refractivity contribution in [1.82, 2.24) is 10.1 Å². The molecule has 0 unspecified atom stereocenters. The first-order chi connectivity index (χ1) is 14.0. The zero-order chi connectivity index (χ0) is 20.4. The summed E-state index contributed by atoms with van der Waals surface area (Å²) in [6.07, 6.45) is 0.625. The Morgan fingerprint density at radius 2 is 1.93 bits per heavy atom. The molecule has 1 amide bonds. The molecule has 0 saturated heterocycles. The van der Waals surface area contributed by atoms with Gasteiger partial charge >= 0.3 is 0 Å². The minimum atomic E-state index is -0.490. The Labute approximate surface area is 170 Å². The number of nitro benzene ring substituents is 1. The van der Waals surface area contributed by atoms with E-state index in [9.17, 15) is 14.9 Å². The standard InChI is InChI=1S/C20H16ClN3O5/c21-14-3-1-13(2-4-14)20-17-9-10-23(11-18(17)22-29-20)19(25)12-28-16-7-5-15(6-8-16)24(26)27/h1-8H,9-12H2. The van der Waals surface area contributed by atoms with Gasteiger partial charge in [-0.1, -0.05) is 16.8 Å². The summed E-state index contributed by atoms with van der Waals surface area (Å²) in [7, 11) is 0. The molecule has 0 radical (unpaired) electrons. The lowest BCUT2D eigenvalue weighted by Gasteiger charge is -2.26. The number of rotatable bonds is 5. The summed E-state index contributed by atoms with van der Waals surface area (Å²) >= 11 is 5.93. The number of fused-ring (bicyclic) bond motifs is 1. The molecule has 0 fully saturated rings. The molecule has 0 bridgehead atoms. The molecule has 3 aromatic rings. The molecule has 1 aliphatic rings. The van der Waals surface area contributed by atoms with E-state index in [0.717, 1.165) is 16.8 Å². The predicted octanol–water partition coefficient (Wildman–Crippen LogP) is 3.87. The summed E-state index contributed by atoms with van der Waals surface area (Å²) in [5, 5.41) is 15.4. The third-order valence-corrected chi connectivity index (χ3v) is 4.96. The SMILES string of the molecule is O=C(COc1ccc([N+](=O)[O-])cc1)N1CCc2c(noc2-c2ccc(Cl)cc2)C1. The molecule has 2 heterocycles. The molecule has 0 atom stereocenters. The number of hydrogen-bond donors (Lipinski definition) is 0. The Balaban J connectivity index is 1.39. The molecule has 1 aromatic heterocycles. The lowest BCUT2D eigenvalue weighted by atomic mass is 10.0. The molecule has 4 rings (SSSR count). The number of carbonyl (C=O) groups is 1. The van der Waals surface area contributed by atoms with Gasteiger partial charge in [-0.05, 0) is 42.8 Å². The number of nitrogens with zero attached hydrogens (tertiary/aromatic N) is 3. The maximum Gasteiger partial charge on any atom is 0.269 e. The maximum atomic E-state index is 12.5. The third-order valence-electron chi connectivity index (χ3n) is 4.71. The highest BCUT2D eigenvalue weighted by Gasteiger charge is 2.27. The highest BCUT2D eigenvalue weighted by Crippen LogP contribution is 2.31. The van der Waals surface area contributed by atoms with Crippen LogP contribution in [-0.4, -0.2) is 34.0 Å². The van der Waals surface area contributed by atoms with Gasteiger partial charge in [0, 0.05) is 34.8 Å². The van der Waals surface area contributed by atoms with Crippen molar-refractivity contribution >= 4 is 23.2 Å². The second kappa shape index (κ2) is 7.92. The van der Waals surface area contributed by atoms with Gasteiger partial charge in [0.05, 0.1) is 11.5 Å². The minimum Gasteiger partial charge on any atom is -0.484 e. The number of aromatic nitrogens is 1. The summed E-state index contributed by atoms with van der Waals surface area (Å²) in [5.41, 5.74) is 2.58. The molecule has 0 spiro atoms. The zero-order valence-corrected chi connectivity index (χ0v) is 16.0. The first kappa shape index (κ1) is 18.9. The summed E-state index contributed by atoms with van der Waals surface area (Å²) < 4.78 is 11.0. The van der Waals surface area contributed by atoms with Crippen molar-refractivity contribution in [2.24, 2.45) is 0 Å². The predicted molar refractivity (Wildman–Crippen MR) is 105 cm³/mol. The van der Waals surface area contributed by atoms with Crippen molar-refractivity contribution in [3.8, 4) is 17.1 Å². The van der Waals surface area contributed by atoms with E-state index >= 15 is 0 Å².